The van der Waals surface area contributed by atoms with E-state index in [0.29, 0.717) is 21.7 Å². The molecule has 14 heteroatoms. The minimum absolute atomic E-state index is 0.0397. The van der Waals surface area contributed by atoms with Crippen LogP contribution in [0.25, 0.3) is 0 Å². The predicted molar refractivity (Wildman–Crippen MR) is 154 cm³/mol. The van der Waals surface area contributed by atoms with E-state index in [1.165, 1.54) is 36.7 Å². The standard InChI is InChI=1S/C25H29ClN4O6S3/c1-15-12-16(2)22(19(13-15)38(32,33)10-6-8-27-5)29-24(31)23-20(14-17(3)37-23)39(34,35)11-7-9-28-25-21(26)18(4)30-36-25/h6-9,12-14,27-28H,10-11H2,1-5H3,(H,29,31). The fourth-order valence-electron chi connectivity index (χ4n) is 3.61. The number of thiophene rings is 1. The molecule has 3 N–H and O–H groups in total. The Labute approximate surface area is 237 Å². The maximum atomic E-state index is 13.4. The Bertz CT molecular complexity index is 1650. The maximum absolute atomic E-state index is 13.4. The van der Waals surface area contributed by atoms with Crippen molar-refractivity contribution in [3.8, 4) is 0 Å². The van der Waals surface area contributed by atoms with Gasteiger partial charge in [0.2, 0.25) is 5.88 Å². The van der Waals surface area contributed by atoms with Crippen molar-refractivity contribution in [3.63, 3.8) is 0 Å². The monoisotopic (exact) mass is 612 g/mol. The first-order chi connectivity index (χ1) is 18.3. The Hall–Kier alpha value is -3.13. The number of anilines is 2. The summed E-state index contributed by atoms with van der Waals surface area (Å²) in [4.78, 5) is 13.8. The van der Waals surface area contributed by atoms with Gasteiger partial charge < -0.3 is 20.5 Å². The second-order valence-electron chi connectivity index (χ2n) is 8.67. The zero-order valence-corrected chi connectivity index (χ0v) is 25.2. The minimum Gasteiger partial charge on any atom is -0.394 e. The van der Waals surface area contributed by atoms with Gasteiger partial charge in [-0.05, 0) is 57.2 Å². The molecule has 0 aliphatic rings. The molecule has 0 atom stereocenters. The average Bonchev–Trinajstić information content (AvgIpc) is 3.41. The molecule has 0 aliphatic carbocycles. The highest BCUT2D eigenvalue weighted by Gasteiger charge is 2.27. The number of rotatable bonds is 11. The van der Waals surface area contributed by atoms with Crippen molar-refractivity contribution in [2.24, 2.45) is 0 Å². The summed E-state index contributed by atoms with van der Waals surface area (Å²) in [5, 5.41) is 12.1. The van der Waals surface area contributed by atoms with Crippen molar-refractivity contribution in [1.29, 1.82) is 0 Å². The molecule has 0 saturated heterocycles. The number of sulfone groups is 2. The number of carbonyl (C=O) groups is 1. The molecule has 2 heterocycles. The van der Waals surface area contributed by atoms with E-state index in [0.717, 1.165) is 11.3 Å². The SMILES string of the molecule is CNC=CCS(=O)(=O)c1cc(C)cc(C)c1NC(=O)c1sc(C)cc1S(=O)(=O)CC=CNc1onc(C)c1Cl. The summed E-state index contributed by atoms with van der Waals surface area (Å²) in [6, 6.07) is 4.66. The summed E-state index contributed by atoms with van der Waals surface area (Å²) in [7, 11) is -6.08. The fraction of sp³-hybridized carbons (Fsp3) is 0.280. The van der Waals surface area contributed by atoms with Crippen LogP contribution >= 0.6 is 22.9 Å². The summed E-state index contributed by atoms with van der Waals surface area (Å²) < 4.78 is 57.5. The van der Waals surface area contributed by atoms with Gasteiger partial charge in [-0.15, -0.1) is 11.3 Å². The van der Waals surface area contributed by atoms with Crippen LogP contribution in [-0.4, -0.2) is 46.5 Å². The molecule has 0 bridgehead atoms. The van der Waals surface area contributed by atoms with Gasteiger partial charge in [0.05, 0.1) is 27.0 Å². The lowest BCUT2D eigenvalue weighted by atomic mass is 10.1. The molecule has 0 saturated carbocycles. The molecule has 10 nitrogen and oxygen atoms in total. The molecule has 2 aromatic heterocycles. The van der Waals surface area contributed by atoms with Crippen molar-refractivity contribution in [2.45, 2.75) is 37.5 Å². The number of nitrogens with zero attached hydrogens (tertiary/aromatic N) is 1. The van der Waals surface area contributed by atoms with E-state index in [1.807, 2.05) is 0 Å². The topological polar surface area (TPSA) is 147 Å². The Morgan fingerprint density at radius 3 is 2.26 bits per heavy atom. The van der Waals surface area contributed by atoms with Crippen LogP contribution < -0.4 is 16.0 Å². The Morgan fingerprint density at radius 1 is 1.00 bits per heavy atom. The largest absolute Gasteiger partial charge is 0.394 e. The van der Waals surface area contributed by atoms with E-state index < -0.39 is 31.3 Å². The first-order valence-electron chi connectivity index (χ1n) is 11.6. The highest BCUT2D eigenvalue weighted by Crippen LogP contribution is 2.32. The second kappa shape index (κ2) is 12.4. The predicted octanol–water partition coefficient (Wildman–Crippen LogP) is 4.78. The van der Waals surface area contributed by atoms with E-state index >= 15 is 0 Å². The van der Waals surface area contributed by atoms with Gasteiger partial charge in [0, 0.05) is 18.1 Å². The molecule has 1 aromatic carbocycles. The lowest BCUT2D eigenvalue weighted by molar-refractivity contribution is 0.102. The van der Waals surface area contributed by atoms with E-state index in [-0.39, 0.29) is 37.0 Å². The Kier molecular flexibility index (Phi) is 9.64. The molecule has 0 radical (unpaired) electrons. The van der Waals surface area contributed by atoms with Crippen LogP contribution in [0.4, 0.5) is 11.6 Å². The van der Waals surface area contributed by atoms with Gasteiger partial charge in [-0.1, -0.05) is 35.0 Å². The summed E-state index contributed by atoms with van der Waals surface area (Å²) in [6.07, 6.45) is 5.68. The van der Waals surface area contributed by atoms with Crippen molar-refractivity contribution in [1.82, 2.24) is 10.5 Å². The van der Waals surface area contributed by atoms with Crippen LogP contribution in [0.3, 0.4) is 0 Å². The lowest BCUT2D eigenvalue weighted by Gasteiger charge is -2.15. The number of halogens is 1. The summed E-state index contributed by atoms with van der Waals surface area (Å²) >= 11 is 7.04. The molecule has 3 aromatic rings. The van der Waals surface area contributed by atoms with Gasteiger partial charge in [-0.25, -0.2) is 16.8 Å². The molecule has 39 heavy (non-hydrogen) atoms. The summed E-state index contributed by atoms with van der Waals surface area (Å²) in [5.74, 6) is -1.24. The van der Waals surface area contributed by atoms with Crippen LogP contribution in [0, 0.1) is 27.7 Å². The zero-order valence-electron chi connectivity index (χ0n) is 22.0. The smallest absolute Gasteiger partial charge is 0.267 e. The van der Waals surface area contributed by atoms with E-state index in [4.69, 9.17) is 16.1 Å². The zero-order chi connectivity index (χ0) is 29.0. The van der Waals surface area contributed by atoms with Crippen molar-refractivity contribution < 1.29 is 26.2 Å². The summed E-state index contributed by atoms with van der Waals surface area (Å²) in [6.45, 7) is 6.79. The molecule has 1 amide bonds. The third-order valence-electron chi connectivity index (χ3n) is 5.42. The number of hydrogen-bond acceptors (Lipinski definition) is 10. The summed E-state index contributed by atoms with van der Waals surface area (Å²) in [5.41, 5.74) is 1.84. The van der Waals surface area contributed by atoms with Crippen LogP contribution in [0.1, 0.15) is 31.4 Å². The normalized spacial score (nSPS) is 12.4. The molecule has 210 valence electrons. The quantitative estimate of drug-likeness (QED) is 0.278. The van der Waals surface area contributed by atoms with E-state index in [2.05, 4.69) is 21.1 Å². The van der Waals surface area contributed by atoms with Crippen LogP contribution in [-0.2, 0) is 19.7 Å². The number of carbonyl (C=O) groups excluding carboxylic acids is 1. The third-order valence-corrected chi connectivity index (χ3v) is 10.3. The molecule has 0 fully saturated rings. The van der Waals surface area contributed by atoms with Gasteiger partial charge in [-0.2, -0.15) is 0 Å². The van der Waals surface area contributed by atoms with Gasteiger partial charge >= 0.3 is 0 Å². The number of aromatic nitrogens is 1. The Morgan fingerprint density at radius 2 is 1.64 bits per heavy atom. The van der Waals surface area contributed by atoms with Crippen molar-refractivity contribution in [3.05, 3.63) is 74.3 Å². The van der Waals surface area contributed by atoms with E-state index in [9.17, 15) is 21.6 Å². The highest BCUT2D eigenvalue weighted by atomic mass is 35.5. The number of amides is 1. The molecule has 0 aliphatic heterocycles. The number of benzene rings is 1. The molecular formula is C25H29ClN4O6S3. The molecule has 0 spiro atoms. The number of aryl methyl sites for hydroxylation is 4. The van der Waals surface area contributed by atoms with Gasteiger partial charge in [-0.3, -0.25) is 4.79 Å². The molecule has 3 rings (SSSR count). The van der Waals surface area contributed by atoms with Crippen molar-refractivity contribution in [2.75, 3.05) is 29.2 Å². The first kappa shape index (κ1) is 30.4. The van der Waals surface area contributed by atoms with Crippen molar-refractivity contribution >= 4 is 60.1 Å². The van der Waals surface area contributed by atoms with Gasteiger partial charge in [0.1, 0.15) is 15.6 Å². The molecular weight excluding hydrogens is 584 g/mol. The highest BCUT2D eigenvalue weighted by molar-refractivity contribution is 7.92. The van der Waals surface area contributed by atoms with E-state index in [1.54, 1.807) is 40.8 Å². The van der Waals surface area contributed by atoms with Crippen LogP contribution in [0.15, 0.2) is 57.1 Å². The molecule has 0 unspecified atom stereocenters. The average molecular weight is 613 g/mol. The minimum atomic E-state index is -3.93. The van der Waals surface area contributed by atoms with Gasteiger partial charge in [0.15, 0.2) is 19.7 Å². The van der Waals surface area contributed by atoms with Crippen LogP contribution in [0.5, 0.6) is 0 Å². The third kappa shape index (κ3) is 7.29. The Balaban J connectivity index is 1.89. The lowest BCUT2D eigenvalue weighted by Crippen LogP contribution is -2.19. The number of hydrogen-bond donors (Lipinski definition) is 3. The second-order valence-corrected chi connectivity index (χ2v) is 14.3. The fourth-order valence-corrected chi connectivity index (χ4v) is 7.80. The van der Waals surface area contributed by atoms with Gasteiger partial charge in [0.25, 0.3) is 5.91 Å². The van der Waals surface area contributed by atoms with Crippen LogP contribution in [0.2, 0.25) is 5.02 Å². The number of nitrogens with one attached hydrogen (secondary N) is 3. The maximum Gasteiger partial charge on any atom is 0.267 e. The first-order valence-corrected chi connectivity index (χ1v) is 16.1.